The number of hydrogen-bond donors (Lipinski definition) is 3. The molecular weight excluding hydrogens is 518 g/mol. The third-order valence-corrected chi connectivity index (χ3v) is 8.35. The Labute approximate surface area is 240 Å². The Morgan fingerprint density at radius 3 is 2.05 bits per heavy atom. The van der Waals surface area contributed by atoms with Gasteiger partial charge in [0.15, 0.2) is 0 Å². The van der Waals surface area contributed by atoms with Crippen LogP contribution in [0, 0.1) is 5.41 Å². The van der Waals surface area contributed by atoms with Gasteiger partial charge in [-0.1, -0.05) is 78.9 Å². The Morgan fingerprint density at radius 1 is 0.902 bits per heavy atom. The Bertz CT molecular complexity index is 1370. The van der Waals surface area contributed by atoms with Gasteiger partial charge >= 0.3 is 12.1 Å². The van der Waals surface area contributed by atoms with E-state index in [0.29, 0.717) is 25.9 Å². The predicted octanol–water partition coefficient (Wildman–Crippen LogP) is 4.79. The quantitative estimate of drug-likeness (QED) is 0.351. The minimum Gasteiger partial charge on any atom is -0.481 e. The summed E-state index contributed by atoms with van der Waals surface area (Å²) in [6, 6.07) is 26.4. The van der Waals surface area contributed by atoms with Gasteiger partial charge in [-0.15, -0.1) is 0 Å². The standard InChI is InChI=1S/C33H37N3O5/c1-32(2,30(38)39)22-34-29(37)33(16-18-36(19-17-33)20-23-10-4-3-5-11-23)35-31(40)41-21-28-26-14-8-6-12-24(26)25-13-7-9-15-27(25)28/h3-15,28H,16-22H2,1-2H3,(H,34,37)(H,35,40)(H,38,39). The maximum absolute atomic E-state index is 13.6. The number of ether oxygens (including phenoxy) is 1. The van der Waals surface area contributed by atoms with E-state index in [-0.39, 0.29) is 25.0 Å². The minimum atomic E-state index is -1.20. The number of amides is 2. The Hall–Kier alpha value is -4.17. The summed E-state index contributed by atoms with van der Waals surface area (Å²) >= 11 is 0. The molecule has 2 aliphatic rings. The fourth-order valence-corrected chi connectivity index (χ4v) is 5.72. The van der Waals surface area contributed by atoms with Crippen LogP contribution < -0.4 is 10.6 Å². The van der Waals surface area contributed by atoms with E-state index in [1.54, 1.807) is 13.8 Å². The van der Waals surface area contributed by atoms with Crippen LogP contribution in [0.4, 0.5) is 4.79 Å². The van der Waals surface area contributed by atoms with Crippen LogP contribution in [-0.4, -0.2) is 59.8 Å². The van der Waals surface area contributed by atoms with Crippen LogP contribution >= 0.6 is 0 Å². The molecule has 3 aromatic carbocycles. The number of benzene rings is 3. The van der Waals surface area contributed by atoms with Crippen molar-refractivity contribution in [2.24, 2.45) is 5.41 Å². The van der Waals surface area contributed by atoms with Crippen molar-refractivity contribution >= 4 is 18.0 Å². The lowest BCUT2D eigenvalue weighted by molar-refractivity contribution is -0.147. The number of hydrogen-bond acceptors (Lipinski definition) is 5. The van der Waals surface area contributed by atoms with Gasteiger partial charge in [0.25, 0.3) is 0 Å². The highest BCUT2D eigenvalue weighted by Crippen LogP contribution is 2.44. The summed E-state index contributed by atoms with van der Waals surface area (Å²) in [6.07, 6.45) is 0.100. The molecule has 41 heavy (non-hydrogen) atoms. The molecule has 0 atom stereocenters. The number of fused-ring (bicyclic) bond motifs is 3. The van der Waals surface area contributed by atoms with Crippen molar-refractivity contribution in [3.8, 4) is 11.1 Å². The zero-order valence-corrected chi connectivity index (χ0v) is 23.6. The zero-order valence-electron chi connectivity index (χ0n) is 23.6. The number of likely N-dealkylation sites (tertiary alicyclic amines) is 1. The van der Waals surface area contributed by atoms with Crippen molar-refractivity contribution in [2.75, 3.05) is 26.2 Å². The number of nitrogens with one attached hydrogen (secondary N) is 2. The Morgan fingerprint density at radius 2 is 1.46 bits per heavy atom. The van der Waals surface area contributed by atoms with E-state index in [1.807, 2.05) is 42.5 Å². The van der Waals surface area contributed by atoms with Gasteiger partial charge in [0.2, 0.25) is 5.91 Å². The molecule has 214 valence electrons. The molecule has 0 radical (unpaired) electrons. The molecule has 0 spiro atoms. The Kier molecular flexibility index (Phi) is 8.13. The first kappa shape index (κ1) is 28.4. The molecule has 1 heterocycles. The smallest absolute Gasteiger partial charge is 0.408 e. The molecule has 8 nitrogen and oxygen atoms in total. The first-order valence-electron chi connectivity index (χ1n) is 14.1. The van der Waals surface area contributed by atoms with Gasteiger partial charge in [0.1, 0.15) is 12.1 Å². The van der Waals surface area contributed by atoms with E-state index in [1.165, 1.54) is 5.56 Å². The molecule has 3 N–H and O–H groups in total. The number of aliphatic carboxylic acids is 1. The second kappa shape index (κ2) is 11.7. The molecule has 1 fully saturated rings. The molecule has 0 saturated carbocycles. The number of alkyl carbamates (subject to hydrolysis) is 1. The van der Waals surface area contributed by atoms with E-state index in [9.17, 15) is 19.5 Å². The van der Waals surface area contributed by atoms with Crippen LogP contribution in [0.25, 0.3) is 11.1 Å². The average molecular weight is 556 g/mol. The number of carbonyl (C=O) groups is 3. The van der Waals surface area contributed by atoms with Crippen LogP contribution in [0.15, 0.2) is 78.9 Å². The molecular formula is C33H37N3O5. The van der Waals surface area contributed by atoms with E-state index < -0.39 is 23.0 Å². The van der Waals surface area contributed by atoms with Gasteiger partial charge in [0.05, 0.1) is 5.41 Å². The van der Waals surface area contributed by atoms with E-state index in [2.05, 4.69) is 51.9 Å². The summed E-state index contributed by atoms with van der Waals surface area (Å²) in [5.74, 6) is -1.49. The number of carboxylic acids is 1. The van der Waals surface area contributed by atoms with Crippen LogP contribution in [-0.2, 0) is 20.9 Å². The van der Waals surface area contributed by atoms with Crippen molar-refractivity contribution in [1.82, 2.24) is 15.5 Å². The second-order valence-corrected chi connectivity index (χ2v) is 11.7. The van der Waals surface area contributed by atoms with Gasteiger partial charge < -0.3 is 20.5 Å². The third-order valence-electron chi connectivity index (χ3n) is 8.35. The first-order chi connectivity index (χ1) is 19.7. The highest BCUT2D eigenvalue weighted by molar-refractivity contribution is 5.90. The van der Waals surface area contributed by atoms with Crippen LogP contribution in [0.3, 0.4) is 0 Å². The van der Waals surface area contributed by atoms with Crippen molar-refractivity contribution in [3.63, 3.8) is 0 Å². The number of carbonyl (C=O) groups excluding carboxylic acids is 2. The molecule has 0 bridgehead atoms. The number of nitrogens with zero attached hydrogens (tertiary/aromatic N) is 1. The summed E-state index contributed by atoms with van der Waals surface area (Å²) in [6.45, 7) is 5.14. The molecule has 2 amide bonds. The topological polar surface area (TPSA) is 108 Å². The summed E-state index contributed by atoms with van der Waals surface area (Å²) in [7, 11) is 0. The normalized spacial score (nSPS) is 16.3. The van der Waals surface area contributed by atoms with Crippen molar-refractivity contribution in [3.05, 3.63) is 95.6 Å². The fourth-order valence-electron chi connectivity index (χ4n) is 5.72. The average Bonchev–Trinajstić information content (AvgIpc) is 3.30. The molecule has 1 saturated heterocycles. The summed E-state index contributed by atoms with van der Waals surface area (Å²) in [5, 5.41) is 15.2. The molecule has 1 aliphatic heterocycles. The molecule has 3 aromatic rings. The molecule has 0 unspecified atom stereocenters. The lowest BCUT2D eigenvalue weighted by Gasteiger charge is -2.41. The molecule has 8 heteroatoms. The van der Waals surface area contributed by atoms with E-state index >= 15 is 0 Å². The maximum atomic E-state index is 13.6. The highest BCUT2D eigenvalue weighted by Gasteiger charge is 2.44. The van der Waals surface area contributed by atoms with E-state index in [4.69, 9.17) is 4.74 Å². The molecule has 1 aliphatic carbocycles. The van der Waals surface area contributed by atoms with Crippen LogP contribution in [0.1, 0.15) is 49.3 Å². The van der Waals surface area contributed by atoms with Crippen LogP contribution in [0.5, 0.6) is 0 Å². The van der Waals surface area contributed by atoms with Crippen molar-refractivity contribution in [2.45, 2.75) is 44.7 Å². The SMILES string of the molecule is CC(C)(CNC(=O)C1(NC(=O)OCC2c3ccccc3-c3ccccc32)CCN(Cc2ccccc2)CC1)C(=O)O. The largest absolute Gasteiger partial charge is 0.481 e. The van der Waals surface area contributed by atoms with Gasteiger partial charge in [-0.3, -0.25) is 14.5 Å². The second-order valence-electron chi connectivity index (χ2n) is 11.7. The van der Waals surface area contributed by atoms with Gasteiger partial charge in [0, 0.05) is 32.1 Å². The number of rotatable bonds is 9. The number of piperidine rings is 1. The monoisotopic (exact) mass is 555 g/mol. The zero-order chi connectivity index (χ0) is 29.0. The molecule has 0 aromatic heterocycles. The summed E-state index contributed by atoms with van der Waals surface area (Å²) in [5.41, 5.74) is 3.33. The lowest BCUT2D eigenvalue weighted by Crippen LogP contribution is -2.64. The van der Waals surface area contributed by atoms with Crippen LogP contribution in [0.2, 0.25) is 0 Å². The first-order valence-corrected chi connectivity index (χ1v) is 14.1. The van der Waals surface area contributed by atoms with Gasteiger partial charge in [-0.2, -0.15) is 0 Å². The maximum Gasteiger partial charge on any atom is 0.408 e. The Balaban J connectivity index is 1.28. The van der Waals surface area contributed by atoms with Crippen molar-refractivity contribution < 1.29 is 24.2 Å². The lowest BCUT2D eigenvalue weighted by atomic mass is 9.85. The summed E-state index contributed by atoms with van der Waals surface area (Å²) < 4.78 is 5.79. The molecule has 5 rings (SSSR count). The van der Waals surface area contributed by atoms with Gasteiger partial charge in [-0.25, -0.2) is 4.79 Å². The van der Waals surface area contributed by atoms with E-state index in [0.717, 1.165) is 28.8 Å². The summed E-state index contributed by atoms with van der Waals surface area (Å²) in [4.78, 5) is 40.7. The van der Waals surface area contributed by atoms with Gasteiger partial charge in [-0.05, 0) is 54.5 Å². The van der Waals surface area contributed by atoms with Crippen molar-refractivity contribution in [1.29, 1.82) is 0 Å². The third kappa shape index (κ3) is 6.12. The fraction of sp³-hybridized carbons (Fsp3) is 0.364. The predicted molar refractivity (Wildman–Crippen MR) is 156 cm³/mol. The number of carboxylic acid groups (broad SMARTS) is 1. The minimum absolute atomic E-state index is 0.0526. The highest BCUT2D eigenvalue weighted by atomic mass is 16.5.